The maximum absolute atomic E-state index is 13.5. The number of rotatable bonds is 1. The number of hydrogen-bond donors (Lipinski definition) is 0. The smallest absolute Gasteiger partial charge is 0.150 e. The zero-order chi connectivity index (χ0) is 14.6. The second kappa shape index (κ2) is 4.56. The molecular formula is C14H14FN5S. The fourth-order valence-corrected chi connectivity index (χ4v) is 4.14. The first-order chi connectivity index (χ1) is 10.1. The highest BCUT2D eigenvalue weighted by atomic mass is 32.1. The van der Waals surface area contributed by atoms with Crippen LogP contribution in [0, 0.1) is 13.8 Å². The number of aromatic nitrogens is 4. The van der Waals surface area contributed by atoms with Crippen molar-refractivity contribution >= 4 is 37.6 Å². The summed E-state index contributed by atoms with van der Waals surface area (Å²) < 4.78 is 14.5. The Hall–Kier alpha value is -1.89. The van der Waals surface area contributed by atoms with E-state index < -0.39 is 6.17 Å². The quantitative estimate of drug-likeness (QED) is 0.692. The van der Waals surface area contributed by atoms with Crippen LogP contribution >= 0.6 is 11.3 Å². The van der Waals surface area contributed by atoms with Crippen LogP contribution in [0.4, 0.5) is 10.2 Å². The van der Waals surface area contributed by atoms with Crippen molar-refractivity contribution in [2.24, 2.45) is 0 Å². The number of anilines is 1. The maximum Gasteiger partial charge on any atom is 0.150 e. The van der Waals surface area contributed by atoms with Crippen LogP contribution in [-0.4, -0.2) is 39.2 Å². The van der Waals surface area contributed by atoms with Crippen LogP contribution in [0.3, 0.4) is 0 Å². The molecule has 0 N–H and O–H groups in total. The van der Waals surface area contributed by atoms with Crippen molar-refractivity contribution in [3.8, 4) is 0 Å². The molecule has 0 aromatic carbocycles. The summed E-state index contributed by atoms with van der Waals surface area (Å²) in [5.74, 6) is 1.58. The van der Waals surface area contributed by atoms with Crippen molar-refractivity contribution in [3.05, 3.63) is 17.8 Å². The lowest BCUT2D eigenvalue weighted by Gasteiger charge is -2.16. The van der Waals surface area contributed by atoms with Gasteiger partial charge in [0.2, 0.25) is 0 Å². The number of fused-ring (bicyclic) bond motifs is 3. The molecule has 1 saturated heterocycles. The van der Waals surface area contributed by atoms with Gasteiger partial charge in [0.05, 0.1) is 27.8 Å². The third-order valence-electron chi connectivity index (χ3n) is 3.82. The van der Waals surface area contributed by atoms with Crippen LogP contribution in [0.5, 0.6) is 0 Å². The van der Waals surface area contributed by atoms with Crippen molar-refractivity contribution in [1.82, 2.24) is 19.9 Å². The summed E-state index contributed by atoms with van der Waals surface area (Å²) in [6, 6.07) is 0. The van der Waals surface area contributed by atoms with Gasteiger partial charge in [-0.15, -0.1) is 11.3 Å². The van der Waals surface area contributed by atoms with Crippen LogP contribution in [-0.2, 0) is 0 Å². The molecule has 3 aromatic heterocycles. The van der Waals surface area contributed by atoms with E-state index >= 15 is 0 Å². The molecule has 1 atom stereocenters. The van der Waals surface area contributed by atoms with Gasteiger partial charge in [-0.1, -0.05) is 0 Å². The zero-order valence-corrected chi connectivity index (χ0v) is 12.6. The van der Waals surface area contributed by atoms with Crippen LogP contribution in [0.1, 0.15) is 17.9 Å². The fourth-order valence-electron chi connectivity index (χ4n) is 2.90. The standard InChI is InChI=1S/C14H14FN5S/c1-7-10-11-12(21-14(10)19-8(2)18-7)13(17-6-16-11)20-4-3-9(15)5-20/h6,9H,3-5H2,1-2H3/t9-/m1/s1. The Kier molecular flexibility index (Phi) is 2.78. The first kappa shape index (κ1) is 12.8. The Morgan fingerprint density at radius 3 is 2.90 bits per heavy atom. The van der Waals surface area contributed by atoms with Gasteiger partial charge in [-0.2, -0.15) is 0 Å². The summed E-state index contributed by atoms with van der Waals surface area (Å²) in [4.78, 5) is 20.6. The van der Waals surface area contributed by atoms with E-state index in [4.69, 9.17) is 0 Å². The van der Waals surface area contributed by atoms with Crippen molar-refractivity contribution in [2.75, 3.05) is 18.0 Å². The maximum atomic E-state index is 13.5. The first-order valence-corrected chi connectivity index (χ1v) is 7.72. The Morgan fingerprint density at radius 1 is 1.29 bits per heavy atom. The minimum atomic E-state index is -0.770. The molecule has 0 spiro atoms. The van der Waals surface area contributed by atoms with Crippen LogP contribution in [0.2, 0.25) is 0 Å². The molecule has 5 nitrogen and oxygen atoms in total. The number of nitrogens with zero attached hydrogens (tertiary/aromatic N) is 5. The van der Waals surface area contributed by atoms with Gasteiger partial charge in [0.1, 0.15) is 29.0 Å². The summed E-state index contributed by atoms with van der Waals surface area (Å²) >= 11 is 1.56. The lowest BCUT2D eigenvalue weighted by atomic mass is 10.2. The van der Waals surface area contributed by atoms with E-state index in [0.717, 1.165) is 37.8 Å². The molecule has 1 fully saturated rings. The molecular weight excluding hydrogens is 289 g/mol. The topological polar surface area (TPSA) is 54.8 Å². The SMILES string of the molecule is Cc1nc(C)c2c(n1)sc1c(N3CC[C@@H](F)C3)ncnc12. The predicted octanol–water partition coefficient (Wildman–Crippen LogP) is 2.80. The Balaban J connectivity index is 1.99. The summed E-state index contributed by atoms with van der Waals surface area (Å²) in [6.07, 6.45) is 1.34. The van der Waals surface area contributed by atoms with Crippen molar-refractivity contribution in [3.63, 3.8) is 0 Å². The fraction of sp³-hybridized carbons (Fsp3) is 0.429. The molecule has 1 aliphatic heterocycles. The van der Waals surface area contributed by atoms with Crippen molar-refractivity contribution in [2.45, 2.75) is 26.4 Å². The average molecular weight is 303 g/mol. The third kappa shape index (κ3) is 1.95. The highest BCUT2D eigenvalue weighted by molar-refractivity contribution is 7.26. The van der Waals surface area contributed by atoms with Gasteiger partial charge in [-0.3, -0.25) is 0 Å². The summed E-state index contributed by atoms with van der Waals surface area (Å²) in [7, 11) is 0. The molecule has 108 valence electrons. The summed E-state index contributed by atoms with van der Waals surface area (Å²) in [6.45, 7) is 4.96. The van der Waals surface area contributed by atoms with Gasteiger partial charge in [-0.05, 0) is 20.3 Å². The number of thiophene rings is 1. The van der Waals surface area contributed by atoms with Crippen molar-refractivity contribution < 1.29 is 4.39 Å². The zero-order valence-electron chi connectivity index (χ0n) is 11.8. The van der Waals surface area contributed by atoms with E-state index in [9.17, 15) is 4.39 Å². The van der Waals surface area contributed by atoms with Crippen LogP contribution < -0.4 is 4.90 Å². The third-order valence-corrected chi connectivity index (χ3v) is 4.89. The number of alkyl halides is 1. The second-order valence-electron chi connectivity index (χ2n) is 5.35. The first-order valence-electron chi connectivity index (χ1n) is 6.91. The molecule has 0 aliphatic carbocycles. The van der Waals surface area contributed by atoms with E-state index in [1.807, 2.05) is 18.7 Å². The van der Waals surface area contributed by atoms with Gasteiger partial charge in [0, 0.05) is 6.54 Å². The molecule has 0 saturated carbocycles. The highest BCUT2D eigenvalue weighted by Gasteiger charge is 2.26. The van der Waals surface area contributed by atoms with Crippen molar-refractivity contribution in [1.29, 1.82) is 0 Å². The monoisotopic (exact) mass is 303 g/mol. The van der Waals surface area contributed by atoms with Gasteiger partial charge in [-0.25, -0.2) is 24.3 Å². The summed E-state index contributed by atoms with van der Waals surface area (Å²) in [5, 5.41) is 0.986. The van der Waals surface area contributed by atoms with E-state index in [2.05, 4.69) is 19.9 Å². The van der Waals surface area contributed by atoms with Gasteiger partial charge < -0.3 is 4.90 Å². The van der Waals surface area contributed by atoms with Crippen LogP contribution in [0.25, 0.3) is 20.4 Å². The minimum Gasteiger partial charge on any atom is -0.352 e. The molecule has 0 radical (unpaired) electrons. The molecule has 0 bridgehead atoms. The number of halogens is 1. The molecule has 4 rings (SSSR count). The Morgan fingerprint density at radius 2 is 2.14 bits per heavy atom. The molecule has 4 heterocycles. The average Bonchev–Trinajstić information content (AvgIpc) is 3.01. The molecule has 3 aromatic rings. The number of hydrogen-bond acceptors (Lipinski definition) is 6. The predicted molar refractivity (Wildman–Crippen MR) is 81.7 cm³/mol. The van der Waals surface area contributed by atoms with Gasteiger partial charge in [0.15, 0.2) is 0 Å². The van der Waals surface area contributed by atoms with E-state index in [0.29, 0.717) is 19.5 Å². The van der Waals surface area contributed by atoms with E-state index in [1.165, 1.54) is 0 Å². The van der Waals surface area contributed by atoms with E-state index in [-0.39, 0.29) is 0 Å². The number of aryl methyl sites for hydroxylation is 2. The highest BCUT2D eigenvalue weighted by Crippen LogP contribution is 2.38. The van der Waals surface area contributed by atoms with Gasteiger partial charge >= 0.3 is 0 Å². The molecule has 21 heavy (non-hydrogen) atoms. The normalized spacial score (nSPS) is 19.0. The molecule has 1 aliphatic rings. The Bertz CT molecular complexity index is 846. The summed E-state index contributed by atoms with van der Waals surface area (Å²) in [5.41, 5.74) is 1.80. The van der Waals surface area contributed by atoms with Crippen LogP contribution in [0.15, 0.2) is 6.33 Å². The lowest BCUT2D eigenvalue weighted by molar-refractivity contribution is 0.364. The lowest BCUT2D eigenvalue weighted by Crippen LogP contribution is -2.21. The second-order valence-corrected chi connectivity index (χ2v) is 6.34. The minimum absolute atomic E-state index is 0.407. The van der Waals surface area contributed by atoms with E-state index in [1.54, 1.807) is 17.7 Å². The molecule has 0 unspecified atom stereocenters. The largest absolute Gasteiger partial charge is 0.352 e. The van der Waals surface area contributed by atoms with Gasteiger partial charge in [0.25, 0.3) is 0 Å². The Labute approximate surface area is 124 Å². The molecule has 0 amide bonds. The molecule has 7 heteroatoms.